The number of hydrogen-bond donors (Lipinski definition) is 1. The molecule has 0 radical (unpaired) electrons. The van der Waals surface area contributed by atoms with Crippen LogP contribution >= 0.6 is 27.5 Å². The molecule has 0 aliphatic heterocycles. The standard InChI is InChI=1S/C15H13BrClFO2/c1-20-14-4-2-3-9(15(14)18)7-13(19)10-5-11(16)8-12(17)6-10/h2-6,8,13,19H,7H2,1H3. The number of rotatable bonds is 4. The first-order valence-electron chi connectivity index (χ1n) is 5.96. The van der Waals surface area contributed by atoms with Crippen LogP contribution in [0.2, 0.25) is 5.02 Å². The lowest BCUT2D eigenvalue weighted by Gasteiger charge is -2.14. The van der Waals surface area contributed by atoms with Crippen molar-refractivity contribution in [1.29, 1.82) is 0 Å². The smallest absolute Gasteiger partial charge is 0.168 e. The summed E-state index contributed by atoms with van der Waals surface area (Å²) in [6.07, 6.45) is -0.692. The number of benzene rings is 2. The van der Waals surface area contributed by atoms with Crippen LogP contribution in [0.25, 0.3) is 0 Å². The zero-order valence-electron chi connectivity index (χ0n) is 10.7. The molecule has 0 amide bonds. The molecule has 20 heavy (non-hydrogen) atoms. The lowest BCUT2D eigenvalue weighted by molar-refractivity contribution is 0.177. The molecule has 1 unspecified atom stereocenters. The van der Waals surface area contributed by atoms with Crippen LogP contribution in [0.3, 0.4) is 0 Å². The fourth-order valence-electron chi connectivity index (χ4n) is 1.97. The molecule has 1 atom stereocenters. The van der Waals surface area contributed by atoms with E-state index in [-0.39, 0.29) is 12.2 Å². The molecule has 0 heterocycles. The second-order valence-electron chi connectivity index (χ2n) is 4.36. The molecule has 5 heteroatoms. The Kier molecular flexibility index (Phi) is 5.02. The van der Waals surface area contributed by atoms with E-state index in [4.69, 9.17) is 16.3 Å². The molecular formula is C15H13BrClFO2. The predicted octanol–water partition coefficient (Wildman–Crippen LogP) is 4.53. The topological polar surface area (TPSA) is 29.5 Å². The van der Waals surface area contributed by atoms with Crippen LogP contribution in [0.4, 0.5) is 4.39 Å². The number of methoxy groups -OCH3 is 1. The normalized spacial score (nSPS) is 12.2. The van der Waals surface area contributed by atoms with E-state index in [9.17, 15) is 9.50 Å². The summed E-state index contributed by atoms with van der Waals surface area (Å²) in [7, 11) is 1.41. The van der Waals surface area contributed by atoms with Gasteiger partial charge in [-0.05, 0) is 35.4 Å². The van der Waals surface area contributed by atoms with E-state index < -0.39 is 11.9 Å². The van der Waals surface area contributed by atoms with Crippen molar-refractivity contribution in [3.63, 3.8) is 0 Å². The van der Waals surface area contributed by atoms with Gasteiger partial charge in [-0.15, -0.1) is 0 Å². The van der Waals surface area contributed by atoms with Crippen molar-refractivity contribution >= 4 is 27.5 Å². The maximum Gasteiger partial charge on any atom is 0.168 e. The van der Waals surface area contributed by atoms with Gasteiger partial charge in [0, 0.05) is 15.9 Å². The summed E-state index contributed by atoms with van der Waals surface area (Å²) in [5.41, 5.74) is 1.03. The zero-order valence-corrected chi connectivity index (χ0v) is 13.1. The van der Waals surface area contributed by atoms with Crippen LogP contribution in [0.1, 0.15) is 17.2 Å². The van der Waals surface area contributed by atoms with Gasteiger partial charge in [-0.25, -0.2) is 4.39 Å². The predicted molar refractivity (Wildman–Crippen MR) is 80.8 cm³/mol. The highest BCUT2D eigenvalue weighted by Gasteiger charge is 2.15. The van der Waals surface area contributed by atoms with Gasteiger partial charge in [-0.2, -0.15) is 0 Å². The SMILES string of the molecule is COc1cccc(CC(O)c2cc(Cl)cc(Br)c2)c1F. The van der Waals surface area contributed by atoms with E-state index in [1.165, 1.54) is 7.11 Å². The number of halogens is 3. The second-order valence-corrected chi connectivity index (χ2v) is 5.71. The van der Waals surface area contributed by atoms with Gasteiger partial charge in [0.2, 0.25) is 0 Å². The lowest BCUT2D eigenvalue weighted by Crippen LogP contribution is -2.04. The van der Waals surface area contributed by atoms with Crippen LogP contribution in [-0.2, 0) is 6.42 Å². The van der Waals surface area contributed by atoms with E-state index in [0.717, 1.165) is 4.47 Å². The van der Waals surface area contributed by atoms with Crippen LogP contribution in [0.15, 0.2) is 40.9 Å². The lowest BCUT2D eigenvalue weighted by atomic mass is 10.0. The number of ether oxygens (including phenoxy) is 1. The highest BCUT2D eigenvalue weighted by atomic mass is 79.9. The third kappa shape index (κ3) is 3.51. The molecular weight excluding hydrogens is 347 g/mol. The molecule has 0 bridgehead atoms. The van der Waals surface area contributed by atoms with Gasteiger partial charge >= 0.3 is 0 Å². The van der Waals surface area contributed by atoms with Crippen LogP contribution in [-0.4, -0.2) is 12.2 Å². The minimum Gasteiger partial charge on any atom is -0.494 e. The first-order valence-corrected chi connectivity index (χ1v) is 7.14. The van der Waals surface area contributed by atoms with E-state index in [2.05, 4.69) is 15.9 Å². The van der Waals surface area contributed by atoms with Crippen molar-refractivity contribution in [2.75, 3.05) is 7.11 Å². The molecule has 2 rings (SSSR count). The fourth-order valence-corrected chi connectivity index (χ4v) is 2.85. The molecule has 106 valence electrons. The third-order valence-electron chi connectivity index (χ3n) is 2.95. The molecule has 2 aromatic rings. The minimum absolute atomic E-state index is 0.149. The molecule has 0 spiro atoms. The van der Waals surface area contributed by atoms with Gasteiger partial charge in [0.25, 0.3) is 0 Å². The average molecular weight is 360 g/mol. The summed E-state index contributed by atoms with van der Waals surface area (Å²) in [5.74, 6) is -0.280. The Morgan fingerprint density at radius 1 is 1.35 bits per heavy atom. The van der Waals surface area contributed by atoms with Gasteiger partial charge in [-0.1, -0.05) is 39.7 Å². The molecule has 0 saturated heterocycles. The summed E-state index contributed by atoms with van der Waals surface area (Å²) in [4.78, 5) is 0. The summed E-state index contributed by atoms with van der Waals surface area (Å²) >= 11 is 9.26. The van der Waals surface area contributed by atoms with Crippen molar-refractivity contribution in [2.24, 2.45) is 0 Å². The average Bonchev–Trinajstić information content (AvgIpc) is 2.40. The quantitative estimate of drug-likeness (QED) is 0.869. The zero-order chi connectivity index (χ0) is 14.7. The number of hydrogen-bond acceptors (Lipinski definition) is 2. The third-order valence-corrected chi connectivity index (χ3v) is 3.62. The van der Waals surface area contributed by atoms with Gasteiger partial charge < -0.3 is 9.84 Å². The van der Waals surface area contributed by atoms with Gasteiger partial charge in [0.15, 0.2) is 11.6 Å². The Bertz CT molecular complexity index is 599. The van der Waals surface area contributed by atoms with Crippen LogP contribution < -0.4 is 4.74 Å². The molecule has 0 fully saturated rings. The van der Waals surface area contributed by atoms with E-state index in [1.807, 2.05) is 0 Å². The summed E-state index contributed by atoms with van der Waals surface area (Å²) in [6.45, 7) is 0. The van der Waals surface area contributed by atoms with E-state index >= 15 is 0 Å². The van der Waals surface area contributed by atoms with E-state index in [0.29, 0.717) is 16.1 Å². The molecule has 2 nitrogen and oxygen atoms in total. The minimum atomic E-state index is -0.841. The first-order chi connectivity index (χ1) is 9.51. The maximum absolute atomic E-state index is 14.0. The Balaban J connectivity index is 2.25. The van der Waals surface area contributed by atoms with Crippen molar-refractivity contribution < 1.29 is 14.2 Å². The number of aliphatic hydroxyl groups excluding tert-OH is 1. The molecule has 0 aliphatic rings. The maximum atomic E-state index is 14.0. The van der Waals surface area contributed by atoms with Crippen LogP contribution in [0, 0.1) is 5.82 Å². The van der Waals surface area contributed by atoms with Gasteiger partial charge in [0.1, 0.15) is 0 Å². The summed E-state index contributed by atoms with van der Waals surface area (Å²) < 4.78 is 19.7. The van der Waals surface area contributed by atoms with Crippen molar-refractivity contribution in [3.8, 4) is 5.75 Å². The molecule has 0 saturated carbocycles. The highest BCUT2D eigenvalue weighted by molar-refractivity contribution is 9.10. The summed E-state index contributed by atoms with van der Waals surface area (Å²) in [5, 5.41) is 10.7. The van der Waals surface area contributed by atoms with Gasteiger partial charge in [-0.3, -0.25) is 0 Å². The van der Waals surface area contributed by atoms with Crippen molar-refractivity contribution in [1.82, 2.24) is 0 Å². The van der Waals surface area contributed by atoms with Crippen LogP contribution in [0.5, 0.6) is 5.75 Å². The Morgan fingerprint density at radius 3 is 2.75 bits per heavy atom. The Morgan fingerprint density at radius 2 is 2.10 bits per heavy atom. The molecule has 2 aromatic carbocycles. The van der Waals surface area contributed by atoms with Gasteiger partial charge in [0.05, 0.1) is 13.2 Å². The first kappa shape index (κ1) is 15.3. The Hall–Kier alpha value is -1.10. The highest BCUT2D eigenvalue weighted by Crippen LogP contribution is 2.28. The number of aliphatic hydroxyl groups is 1. The molecule has 0 aliphatic carbocycles. The van der Waals surface area contributed by atoms with Crippen molar-refractivity contribution in [2.45, 2.75) is 12.5 Å². The Labute approximate surface area is 130 Å². The largest absolute Gasteiger partial charge is 0.494 e. The van der Waals surface area contributed by atoms with E-state index in [1.54, 1.807) is 36.4 Å². The van der Waals surface area contributed by atoms with Crippen molar-refractivity contribution in [3.05, 3.63) is 62.8 Å². The second kappa shape index (κ2) is 6.57. The monoisotopic (exact) mass is 358 g/mol. The fraction of sp³-hybridized carbons (Fsp3) is 0.200. The molecule has 0 aromatic heterocycles. The summed E-state index contributed by atoms with van der Waals surface area (Å²) in [6, 6.07) is 10.0. The molecule has 1 N–H and O–H groups in total.